The Bertz CT molecular complexity index is 1810. The molecule has 4 aromatic carbocycles. The molecular formula is C39H41NO9. The summed E-state index contributed by atoms with van der Waals surface area (Å²) in [4.78, 5) is 44.1. The van der Waals surface area contributed by atoms with Gasteiger partial charge >= 0.3 is 18.0 Å². The maximum absolute atomic E-state index is 13.4. The number of fused-ring (bicyclic) bond motifs is 1. The number of methoxy groups -OCH3 is 2. The summed E-state index contributed by atoms with van der Waals surface area (Å²) in [5, 5.41) is 0. The minimum absolute atomic E-state index is 0.113. The second-order valence-corrected chi connectivity index (χ2v) is 12.7. The van der Waals surface area contributed by atoms with E-state index in [1.807, 2.05) is 67.6 Å². The summed E-state index contributed by atoms with van der Waals surface area (Å²) in [7, 11) is 3.17. The molecule has 0 saturated heterocycles. The number of hydrogen-bond acceptors (Lipinski definition) is 9. The molecule has 0 saturated carbocycles. The van der Waals surface area contributed by atoms with E-state index in [9.17, 15) is 14.4 Å². The van der Waals surface area contributed by atoms with Gasteiger partial charge in [-0.2, -0.15) is 0 Å². The molecule has 1 N–H and O–H groups in total. The molecule has 1 unspecified atom stereocenters. The van der Waals surface area contributed by atoms with Crippen LogP contribution >= 0.6 is 0 Å². The van der Waals surface area contributed by atoms with Crippen LogP contribution in [0.2, 0.25) is 0 Å². The van der Waals surface area contributed by atoms with Crippen molar-refractivity contribution in [2.24, 2.45) is 5.92 Å². The highest BCUT2D eigenvalue weighted by molar-refractivity contribution is 5.92. The third kappa shape index (κ3) is 8.32. The Morgan fingerprint density at radius 3 is 2.22 bits per heavy atom. The zero-order chi connectivity index (χ0) is 35.1. The highest BCUT2D eigenvalue weighted by Crippen LogP contribution is 2.47. The summed E-state index contributed by atoms with van der Waals surface area (Å²) in [5.74, 6) is -0.173. The van der Waals surface area contributed by atoms with Crippen molar-refractivity contribution in [3.63, 3.8) is 0 Å². The number of carbonyl (C=O) groups is 3. The Kier molecular flexibility index (Phi) is 10.8. The maximum atomic E-state index is 13.4. The summed E-state index contributed by atoms with van der Waals surface area (Å²) >= 11 is 0. The lowest BCUT2D eigenvalue weighted by molar-refractivity contribution is -0.156. The van der Waals surface area contributed by atoms with Gasteiger partial charge in [-0.25, -0.2) is 14.4 Å². The molecule has 256 valence electrons. The molecule has 0 spiro atoms. The minimum atomic E-state index is -0.861. The first-order valence-corrected chi connectivity index (χ1v) is 16.0. The predicted octanol–water partition coefficient (Wildman–Crippen LogP) is 8.17. The molecule has 0 heterocycles. The molecule has 1 aliphatic rings. The summed E-state index contributed by atoms with van der Waals surface area (Å²) in [6, 6.07) is 25.8. The van der Waals surface area contributed by atoms with Crippen LogP contribution in [0.5, 0.6) is 23.0 Å². The number of hydroxylamine groups is 1. The zero-order valence-electron chi connectivity index (χ0n) is 28.5. The van der Waals surface area contributed by atoms with Crippen LogP contribution < -0.4 is 19.7 Å². The lowest BCUT2D eigenvalue weighted by Crippen LogP contribution is -2.37. The molecule has 0 bridgehead atoms. The van der Waals surface area contributed by atoms with Gasteiger partial charge in [-0.15, -0.1) is 5.48 Å². The Hall–Kier alpha value is -5.51. The number of rotatable bonds is 9. The highest BCUT2D eigenvalue weighted by Gasteiger charge is 2.37. The van der Waals surface area contributed by atoms with Crippen molar-refractivity contribution < 1.29 is 42.9 Å². The average molecular weight is 668 g/mol. The van der Waals surface area contributed by atoms with Crippen LogP contribution in [0.25, 0.3) is 11.1 Å². The summed E-state index contributed by atoms with van der Waals surface area (Å²) in [6.07, 6.45) is 0.100. The van der Waals surface area contributed by atoms with Crippen LogP contribution in [-0.2, 0) is 32.1 Å². The van der Waals surface area contributed by atoms with Crippen LogP contribution in [0.4, 0.5) is 4.79 Å². The molecule has 10 nitrogen and oxygen atoms in total. The number of esters is 1. The largest absolute Gasteiger partial charge is 0.493 e. The van der Waals surface area contributed by atoms with Crippen molar-refractivity contribution in [3.8, 4) is 34.1 Å². The van der Waals surface area contributed by atoms with Gasteiger partial charge in [0.15, 0.2) is 11.5 Å². The second kappa shape index (κ2) is 15.1. The summed E-state index contributed by atoms with van der Waals surface area (Å²) in [5.41, 5.74) is 6.07. The fourth-order valence-electron chi connectivity index (χ4n) is 5.96. The molecule has 0 radical (unpaired) electrons. The molecule has 1 amide bonds. The topological polar surface area (TPSA) is 119 Å². The molecule has 10 heteroatoms. The number of benzene rings is 4. The number of nitrogens with one attached hydrogen (secondary N) is 1. The fourth-order valence-corrected chi connectivity index (χ4v) is 5.96. The molecule has 0 aliphatic heterocycles. The molecule has 2 atom stereocenters. The molecule has 5 rings (SSSR count). The lowest BCUT2D eigenvalue weighted by atomic mass is 9.73. The van der Waals surface area contributed by atoms with E-state index >= 15 is 0 Å². The molecule has 1 aliphatic carbocycles. The van der Waals surface area contributed by atoms with E-state index in [1.165, 1.54) is 0 Å². The first kappa shape index (κ1) is 34.8. The Morgan fingerprint density at radius 1 is 0.816 bits per heavy atom. The van der Waals surface area contributed by atoms with Crippen molar-refractivity contribution >= 4 is 18.0 Å². The number of para-hydroxylation sites is 1. The molecular weight excluding hydrogens is 626 g/mol. The average Bonchev–Trinajstić information content (AvgIpc) is 3.09. The Balaban J connectivity index is 1.49. The quantitative estimate of drug-likeness (QED) is 0.107. The van der Waals surface area contributed by atoms with Crippen LogP contribution in [-0.4, -0.2) is 37.9 Å². The SMILES string of the molecule is COc1ccc(-c2ccc(Oc3ccccc3C(=O)OCc3ccccc3)c3c2CC[C@H](C(=O)ONC(=O)OC(C)(C)C)C3C)cc1OC. The van der Waals surface area contributed by atoms with E-state index in [0.29, 0.717) is 35.8 Å². The lowest BCUT2D eigenvalue weighted by Gasteiger charge is -2.32. The van der Waals surface area contributed by atoms with Crippen LogP contribution in [0.3, 0.4) is 0 Å². The van der Waals surface area contributed by atoms with E-state index in [0.717, 1.165) is 27.8 Å². The van der Waals surface area contributed by atoms with Crippen molar-refractivity contribution in [1.29, 1.82) is 0 Å². The second-order valence-electron chi connectivity index (χ2n) is 12.7. The Morgan fingerprint density at radius 2 is 1.51 bits per heavy atom. The normalized spacial score (nSPS) is 15.3. The first-order valence-electron chi connectivity index (χ1n) is 16.0. The van der Waals surface area contributed by atoms with Crippen molar-refractivity contribution in [2.75, 3.05) is 14.2 Å². The highest BCUT2D eigenvalue weighted by atomic mass is 16.7. The van der Waals surface area contributed by atoms with E-state index in [1.54, 1.807) is 59.3 Å². The molecule has 0 aromatic heterocycles. The van der Waals surface area contributed by atoms with Crippen molar-refractivity contribution in [2.45, 2.75) is 58.7 Å². The standard InChI is InChI=1S/C39H41NO9/c1-24-27(37(42)49-40-38(43)48-39(2,3)4)17-18-29-28(26-16-20-32(44-5)34(22-26)45-6)19-21-33(35(24)29)47-31-15-11-10-14-30(31)36(41)46-23-25-12-8-7-9-13-25/h7-16,19-22,24,27H,17-18,23H2,1-6H3,(H,40,43)/t24?,27-/m0/s1. The van der Waals surface area contributed by atoms with E-state index < -0.39 is 35.5 Å². The van der Waals surface area contributed by atoms with Gasteiger partial charge in [0.25, 0.3) is 0 Å². The van der Waals surface area contributed by atoms with Gasteiger partial charge in [-0.05, 0) is 92.1 Å². The van der Waals surface area contributed by atoms with E-state index in [2.05, 4.69) is 5.48 Å². The first-order chi connectivity index (χ1) is 23.5. The van der Waals surface area contributed by atoms with Crippen molar-refractivity contribution in [3.05, 3.63) is 107 Å². The zero-order valence-corrected chi connectivity index (χ0v) is 28.5. The van der Waals surface area contributed by atoms with Gasteiger partial charge < -0.3 is 28.5 Å². The smallest absolute Gasteiger partial charge is 0.441 e. The summed E-state index contributed by atoms with van der Waals surface area (Å²) in [6.45, 7) is 7.18. The van der Waals surface area contributed by atoms with Gasteiger partial charge in [-0.1, -0.05) is 61.5 Å². The number of hydrogen-bond donors (Lipinski definition) is 1. The number of ether oxygens (including phenoxy) is 5. The van der Waals surface area contributed by atoms with Crippen LogP contribution in [0.1, 0.15) is 67.1 Å². The van der Waals surface area contributed by atoms with E-state index in [4.69, 9.17) is 28.5 Å². The monoisotopic (exact) mass is 667 g/mol. The third-order valence-corrected chi connectivity index (χ3v) is 8.25. The maximum Gasteiger partial charge on any atom is 0.441 e. The van der Waals surface area contributed by atoms with Crippen molar-refractivity contribution in [1.82, 2.24) is 5.48 Å². The Labute approximate surface area is 286 Å². The summed E-state index contributed by atoms with van der Waals surface area (Å²) < 4.78 is 28.4. The fraction of sp³-hybridized carbons (Fsp3) is 0.308. The van der Waals surface area contributed by atoms with Gasteiger partial charge in [0, 0.05) is 5.56 Å². The molecule has 4 aromatic rings. The molecule has 49 heavy (non-hydrogen) atoms. The number of amides is 1. The van der Waals surface area contributed by atoms with Gasteiger partial charge in [-0.3, -0.25) is 0 Å². The van der Waals surface area contributed by atoms with Gasteiger partial charge in [0.1, 0.15) is 29.3 Å². The van der Waals surface area contributed by atoms with Gasteiger partial charge in [0.2, 0.25) is 0 Å². The van der Waals surface area contributed by atoms with E-state index in [-0.39, 0.29) is 12.2 Å². The predicted molar refractivity (Wildman–Crippen MR) is 183 cm³/mol. The third-order valence-electron chi connectivity index (χ3n) is 8.25. The minimum Gasteiger partial charge on any atom is -0.493 e. The van der Waals surface area contributed by atoms with Crippen LogP contribution in [0.15, 0.2) is 84.9 Å². The van der Waals surface area contributed by atoms with Crippen LogP contribution in [0, 0.1) is 5.92 Å². The molecule has 0 fully saturated rings. The van der Waals surface area contributed by atoms with Gasteiger partial charge in [0.05, 0.1) is 20.1 Å². The number of carbonyl (C=O) groups excluding carboxylic acids is 3.